The number of rotatable bonds is 2. The van der Waals surface area contributed by atoms with Gasteiger partial charge in [-0.15, -0.1) is 23.4 Å². The fraction of sp³-hybridized carbons (Fsp3) is 0.889. The van der Waals surface area contributed by atoms with Crippen LogP contribution in [0.5, 0.6) is 0 Å². The Bertz CT molecular complexity index is 466. The van der Waals surface area contributed by atoms with Crippen LogP contribution in [-0.2, 0) is 19.6 Å². The first kappa shape index (κ1) is 12.1. The van der Waals surface area contributed by atoms with Crippen molar-refractivity contribution in [3.05, 3.63) is 0 Å². The zero-order valence-electron chi connectivity index (χ0n) is 9.00. The van der Waals surface area contributed by atoms with Crippen molar-refractivity contribution in [2.45, 2.75) is 46.6 Å². The Hall–Kier alpha value is 0.0200. The maximum Gasteiger partial charge on any atom is 0.324 e. The number of ether oxygens (including phenoxy) is 1. The van der Waals surface area contributed by atoms with Gasteiger partial charge in [-0.25, -0.2) is 13.1 Å². The minimum Gasteiger partial charge on any atom is -0.458 e. The molecule has 3 rings (SSSR count). The number of hydrogen-bond acceptors (Lipinski definition) is 5. The molecule has 8 heteroatoms. The molecule has 0 saturated carbocycles. The number of sulfonamides is 1. The number of carbonyl (C=O) groups excluding carboxylic acids is 1. The molecule has 0 aromatic rings. The van der Waals surface area contributed by atoms with Crippen molar-refractivity contribution < 1.29 is 17.9 Å². The highest BCUT2D eigenvalue weighted by Gasteiger charge is 2.64. The van der Waals surface area contributed by atoms with Crippen LogP contribution in [0.1, 0.15) is 13.3 Å². The third kappa shape index (κ3) is 1.70. The predicted molar refractivity (Wildman–Crippen MR) is 64.6 cm³/mol. The quantitative estimate of drug-likeness (QED) is 0.577. The molecule has 1 N–H and O–H groups in total. The van der Waals surface area contributed by atoms with E-state index in [4.69, 9.17) is 16.3 Å². The van der Waals surface area contributed by atoms with Gasteiger partial charge in [-0.2, -0.15) is 0 Å². The van der Waals surface area contributed by atoms with Gasteiger partial charge in [0.15, 0.2) is 0 Å². The van der Waals surface area contributed by atoms with Crippen LogP contribution in [0.3, 0.4) is 0 Å². The zero-order valence-corrected chi connectivity index (χ0v) is 11.4. The lowest BCUT2D eigenvalue weighted by molar-refractivity contribution is -0.149. The van der Waals surface area contributed by atoms with Gasteiger partial charge in [0.25, 0.3) is 0 Å². The summed E-state index contributed by atoms with van der Waals surface area (Å²) in [5.74, 6) is -0.479. The van der Waals surface area contributed by atoms with Crippen LogP contribution in [0.4, 0.5) is 0 Å². The highest BCUT2D eigenvalue weighted by molar-refractivity contribution is 8.03. The molecule has 0 amide bonds. The first-order valence-electron chi connectivity index (χ1n) is 5.41. The Labute approximate surface area is 109 Å². The number of esters is 1. The van der Waals surface area contributed by atoms with Crippen molar-refractivity contribution in [3.8, 4) is 0 Å². The van der Waals surface area contributed by atoms with Crippen molar-refractivity contribution in [1.29, 1.82) is 0 Å². The molecule has 0 spiro atoms. The third-order valence-corrected chi connectivity index (χ3v) is 7.49. The van der Waals surface area contributed by atoms with Gasteiger partial charge in [-0.1, -0.05) is 0 Å². The van der Waals surface area contributed by atoms with E-state index in [1.165, 1.54) is 0 Å². The number of nitrogens with one attached hydrogen (secondary N) is 1. The monoisotopic (exact) mass is 297 g/mol. The van der Waals surface area contributed by atoms with Gasteiger partial charge < -0.3 is 4.74 Å². The SMILES string of the molecule is CC(Cl)C(=O)OC1C2CC3C(S2)C1NS3(=O)=O. The van der Waals surface area contributed by atoms with Crippen molar-refractivity contribution in [1.82, 2.24) is 4.72 Å². The minimum atomic E-state index is -3.22. The van der Waals surface area contributed by atoms with E-state index in [0.717, 1.165) is 0 Å². The molecule has 0 aromatic carbocycles. The molecule has 5 nitrogen and oxygen atoms in total. The molecule has 0 aliphatic carbocycles. The topological polar surface area (TPSA) is 72.5 Å². The summed E-state index contributed by atoms with van der Waals surface area (Å²) in [4.78, 5) is 11.5. The van der Waals surface area contributed by atoms with Gasteiger partial charge in [0.1, 0.15) is 11.5 Å². The fourth-order valence-electron chi connectivity index (χ4n) is 2.75. The van der Waals surface area contributed by atoms with Crippen LogP contribution in [0.2, 0.25) is 0 Å². The van der Waals surface area contributed by atoms with E-state index in [2.05, 4.69) is 4.72 Å². The van der Waals surface area contributed by atoms with E-state index in [9.17, 15) is 13.2 Å². The number of fused-ring (bicyclic) bond motifs is 1. The summed E-state index contributed by atoms with van der Waals surface area (Å²) < 4.78 is 31.4. The maximum atomic E-state index is 11.8. The summed E-state index contributed by atoms with van der Waals surface area (Å²) in [6.07, 6.45) is 0.197. The molecule has 2 bridgehead atoms. The van der Waals surface area contributed by atoms with Gasteiger partial charge in [0.05, 0.1) is 11.3 Å². The molecular weight excluding hydrogens is 286 g/mol. The summed E-state index contributed by atoms with van der Waals surface area (Å²) in [6.45, 7) is 1.55. The second-order valence-electron chi connectivity index (χ2n) is 4.62. The van der Waals surface area contributed by atoms with Gasteiger partial charge in [-0.3, -0.25) is 4.79 Å². The second kappa shape index (κ2) is 3.76. The summed E-state index contributed by atoms with van der Waals surface area (Å²) in [7, 11) is -3.22. The molecule has 3 aliphatic rings. The van der Waals surface area contributed by atoms with E-state index in [1.807, 2.05) is 0 Å². The summed E-state index contributed by atoms with van der Waals surface area (Å²) in [6, 6.07) is -0.270. The molecule has 3 aliphatic heterocycles. The predicted octanol–water partition coefficient (Wildman–Crippen LogP) is 0.0834. The molecule has 6 unspecified atom stereocenters. The number of thioether (sulfide) groups is 1. The Morgan fingerprint density at radius 3 is 2.94 bits per heavy atom. The third-order valence-electron chi connectivity index (χ3n) is 3.51. The van der Waals surface area contributed by atoms with E-state index in [0.29, 0.717) is 6.42 Å². The second-order valence-corrected chi connectivity index (χ2v) is 8.63. The molecule has 3 heterocycles. The van der Waals surface area contributed by atoms with Crippen LogP contribution in [-0.4, -0.2) is 47.7 Å². The average Bonchev–Trinajstić information content (AvgIpc) is 2.81. The largest absolute Gasteiger partial charge is 0.458 e. The van der Waals surface area contributed by atoms with Gasteiger partial charge in [-0.05, 0) is 13.3 Å². The Kier molecular flexibility index (Phi) is 2.67. The number of alkyl halides is 1. The molecule has 3 fully saturated rings. The van der Waals surface area contributed by atoms with E-state index >= 15 is 0 Å². The van der Waals surface area contributed by atoms with Crippen LogP contribution >= 0.6 is 23.4 Å². The fourth-order valence-corrected chi connectivity index (χ4v) is 7.23. The summed E-state index contributed by atoms with van der Waals surface area (Å²) >= 11 is 7.26. The number of carbonyl (C=O) groups is 1. The highest BCUT2D eigenvalue weighted by Crippen LogP contribution is 2.53. The van der Waals surface area contributed by atoms with Gasteiger partial charge in [0.2, 0.25) is 10.0 Å². The van der Waals surface area contributed by atoms with Gasteiger partial charge in [0, 0.05) is 10.5 Å². The molecular formula is C9H12ClNO4S2. The molecule has 17 heavy (non-hydrogen) atoms. The van der Waals surface area contributed by atoms with Crippen LogP contribution in [0.25, 0.3) is 0 Å². The zero-order chi connectivity index (χ0) is 12.4. The number of halogens is 1. The molecule has 0 aromatic heterocycles. The van der Waals surface area contributed by atoms with Crippen molar-refractivity contribution in [2.75, 3.05) is 0 Å². The maximum absolute atomic E-state index is 11.8. The summed E-state index contributed by atoms with van der Waals surface area (Å²) in [5.41, 5.74) is 0. The van der Waals surface area contributed by atoms with Crippen LogP contribution in [0.15, 0.2) is 0 Å². The average molecular weight is 298 g/mol. The van der Waals surface area contributed by atoms with Crippen molar-refractivity contribution in [3.63, 3.8) is 0 Å². The highest BCUT2D eigenvalue weighted by atomic mass is 35.5. The summed E-state index contributed by atoms with van der Waals surface area (Å²) in [5, 5.41) is -0.911. The standard InChI is InChI=1S/C9H12ClNO4S2/c1-3(10)9(12)15-7-4-2-5-8(16-4)6(7)11-17(5,13)14/h3-8,11H,2H2,1H3. The van der Waals surface area contributed by atoms with E-state index in [-0.39, 0.29) is 27.9 Å². The molecule has 0 radical (unpaired) electrons. The Morgan fingerprint density at radius 1 is 1.59 bits per heavy atom. The molecule has 96 valence electrons. The smallest absolute Gasteiger partial charge is 0.324 e. The molecule has 3 saturated heterocycles. The lowest BCUT2D eigenvalue weighted by Gasteiger charge is -2.25. The van der Waals surface area contributed by atoms with E-state index in [1.54, 1.807) is 18.7 Å². The lowest BCUT2D eigenvalue weighted by atomic mass is 9.93. The Balaban J connectivity index is 1.81. The minimum absolute atomic E-state index is 0.0217. The van der Waals surface area contributed by atoms with E-state index < -0.39 is 21.4 Å². The van der Waals surface area contributed by atoms with Crippen molar-refractivity contribution in [2.24, 2.45) is 0 Å². The van der Waals surface area contributed by atoms with Crippen LogP contribution < -0.4 is 4.72 Å². The first-order valence-corrected chi connectivity index (χ1v) is 8.34. The Morgan fingerprint density at radius 2 is 2.29 bits per heavy atom. The van der Waals surface area contributed by atoms with Crippen molar-refractivity contribution >= 4 is 39.4 Å². The first-order chi connectivity index (χ1) is 7.90. The van der Waals surface area contributed by atoms with Crippen LogP contribution in [0, 0.1) is 0 Å². The normalized spacial score (nSPS) is 47.1. The lowest BCUT2D eigenvalue weighted by Crippen LogP contribution is -2.45. The molecule has 6 atom stereocenters. The van der Waals surface area contributed by atoms with Gasteiger partial charge >= 0.3 is 5.97 Å². The number of hydrogen-bond donors (Lipinski definition) is 1.